The molecule has 1 aliphatic rings. The fourth-order valence-corrected chi connectivity index (χ4v) is 7.31. The van der Waals surface area contributed by atoms with Crippen LogP contribution in [0.2, 0.25) is 10.0 Å². The summed E-state index contributed by atoms with van der Waals surface area (Å²) in [5.41, 5.74) is 3.09. The van der Waals surface area contributed by atoms with Crippen molar-refractivity contribution in [3.8, 4) is 11.5 Å². The molecule has 7 nitrogen and oxygen atoms in total. The van der Waals surface area contributed by atoms with E-state index < -0.39 is 6.04 Å². The lowest BCUT2D eigenvalue weighted by Gasteiger charge is -2.30. The molecule has 4 aromatic carbocycles. The van der Waals surface area contributed by atoms with E-state index in [0.717, 1.165) is 27.5 Å². The first-order valence-corrected chi connectivity index (χ1v) is 16.9. The third-order valence-electron chi connectivity index (χ3n) is 8.31. The number of carbonyl (C=O) groups excluding carboxylic acids is 1. The van der Waals surface area contributed by atoms with Crippen molar-refractivity contribution in [2.45, 2.75) is 33.4 Å². The average molecular weight is 687 g/mol. The van der Waals surface area contributed by atoms with Crippen LogP contribution in [0.1, 0.15) is 43.5 Å². The van der Waals surface area contributed by atoms with Crippen molar-refractivity contribution in [2.24, 2.45) is 4.99 Å². The van der Waals surface area contributed by atoms with Crippen LogP contribution in [0.5, 0.6) is 11.5 Å². The highest BCUT2D eigenvalue weighted by Gasteiger charge is 2.36. The van der Waals surface area contributed by atoms with Crippen molar-refractivity contribution in [1.29, 1.82) is 0 Å². The van der Waals surface area contributed by atoms with Crippen LogP contribution in [-0.2, 0) is 11.4 Å². The van der Waals surface area contributed by atoms with Gasteiger partial charge in [0, 0.05) is 24.2 Å². The highest BCUT2D eigenvalue weighted by atomic mass is 35.5. The van der Waals surface area contributed by atoms with Crippen LogP contribution < -0.4 is 24.4 Å². The number of halogens is 2. The van der Waals surface area contributed by atoms with E-state index in [-0.39, 0.29) is 18.1 Å². The van der Waals surface area contributed by atoms with Crippen LogP contribution in [0.15, 0.2) is 99.9 Å². The summed E-state index contributed by atoms with van der Waals surface area (Å²) >= 11 is 13.6. The molecule has 47 heavy (non-hydrogen) atoms. The van der Waals surface area contributed by atoms with Crippen LogP contribution in [0.3, 0.4) is 0 Å². The molecular weight excluding hydrogens is 653 g/mol. The summed E-state index contributed by atoms with van der Waals surface area (Å²) in [5.74, 6) is 1.03. The van der Waals surface area contributed by atoms with E-state index in [1.54, 1.807) is 28.7 Å². The molecule has 5 aromatic rings. The summed E-state index contributed by atoms with van der Waals surface area (Å²) in [7, 11) is 1.61. The number of likely N-dealkylation sites (N-methyl/N-ethyl adjacent to an activating group) is 1. The Balaban J connectivity index is 1.53. The van der Waals surface area contributed by atoms with E-state index in [2.05, 4.69) is 0 Å². The van der Waals surface area contributed by atoms with Gasteiger partial charge in [-0.2, -0.15) is 0 Å². The van der Waals surface area contributed by atoms with Gasteiger partial charge in [-0.25, -0.2) is 4.99 Å². The van der Waals surface area contributed by atoms with Gasteiger partial charge in [-0.1, -0.05) is 89.1 Å². The van der Waals surface area contributed by atoms with Gasteiger partial charge in [0.1, 0.15) is 24.1 Å². The average Bonchev–Trinajstić information content (AvgIpc) is 3.38. The lowest BCUT2D eigenvalue weighted by molar-refractivity contribution is -0.127. The van der Waals surface area contributed by atoms with E-state index >= 15 is 0 Å². The van der Waals surface area contributed by atoms with Crippen LogP contribution in [0.4, 0.5) is 0 Å². The Kier molecular flexibility index (Phi) is 9.55. The maximum Gasteiger partial charge on any atom is 0.271 e. The van der Waals surface area contributed by atoms with E-state index in [0.29, 0.717) is 55.2 Å². The number of nitrogens with zero attached hydrogens (tertiary/aromatic N) is 3. The number of carbonyl (C=O) groups is 1. The van der Waals surface area contributed by atoms with Gasteiger partial charge >= 0.3 is 0 Å². The fraction of sp³-hybridized carbons (Fsp3) is 0.216. The number of ether oxygens (including phenoxy) is 2. The molecule has 6 rings (SSSR count). The molecule has 0 radical (unpaired) electrons. The Morgan fingerprint density at radius 2 is 1.72 bits per heavy atom. The van der Waals surface area contributed by atoms with Crippen LogP contribution in [0.25, 0.3) is 16.8 Å². The number of benzene rings is 4. The minimum atomic E-state index is -0.760. The van der Waals surface area contributed by atoms with Gasteiger partial charge in [0.05, 0.1) is 33.0 Å². The standard InChI is InChI=1S/C37H33Cl2N3O4S/c1-5-41(6-2)36(44)32-22(3)40-37-42(34(32)33-26-13-9-7-11-24(26)16-18-30(33)45-4)35(43)31(47-37)20-25-12-8-10-14-29(25)46-21-23-15-17-27(38)28(39)19-23/h7-20,34H,5-6,21H2,1-4H3/b31-20+/t34-/m0/s1. The topological polar surface area (TPSA) is 73.1 Å². The summed E-state index contributed by atoms with van der Waals surface area (Å²) in [4.78, 5) is 35.8. The molecule has 2 heterocycles. The summed E-state index contributed by atoms with van der Waals surface area (Å²) in [5, 5.41) is 2.80. The molecule has 0 saturated heterocycles. The summed E-state index contributed by atoms with van der Waals surface area (Å²) in [6.45, 7) is 7.04. The highest BCUT2D eigenvalue weighted by molar-refractivity contribution is 7.07. The predicted octanol–water partition coefficient (Wildman–Crippen LogP) is 7.15. The van der Waals surface area contributed by atoms with Gasteiger partial charge in [-0.05, 0) is 67.4 Å². The molecule has 0 N–H and O–H groups in total. The molecule has 0 fully saturated rings. The van der Waals surface area contributed by atoms with E-state index in [1.807, 2.05) is 93.6 Å². The van der Waals surface area contributed by atoms with Crippen molar-refractivity contribution in [1.82, 2.24) is 9.47 Å². The zero-order valence-electron chi connectivity index (χ0n) is 26.4. The third kappa shape index (κ3) is 6.21. The number of rotatable bonds is 9. The first-order valence-electron chi connectivity index (χ1n) is 15.3. The smallest absolute Gasteiger partial charge is 0.271 e. The number of hydrogen-bond acceptors (Lipinski definition) is 6. The molecule has 10 heteroatoms. The molecule has 1 aliphatic heterocycles. The maximum atomic E-state index is 14.5. The summed E-state index contributed by atoms with van der Waals surface area (Å²) < 4.78 is 14.2. The van der Waals surface area contributed by atoms with Crippen molar-refractivity contribution in [3.05, 3.63) is 137 Å². The van der Waals surface area contributed by atoms with Gasteiger partial charge in [-0.15, -0.1) is 0 Å². The molecule has 0 bridgehead atoms. The van der Waals surface area contributed by atoms with E-state index in [9.17, 15) is 9.59 Å². The minimum absolute atomic E-state index is 0.161. The predicted molar refractivity (Wildman–Crippen MR) is 189 cm³/mol. The number of allylic oxidation sites excluding steroid dienone is 1. The third-order valence-corrected chi connectivity index (χ3v) is 10.0. The minimum Gasteiger partial charge on any atom is -0.496 e. The second-order valence-corrected chi connectivity index (χ2v) is 12.9. The SMILES string of the molecule is CCN(CC)C(=O)C1=C(C)N=c2s/c(=C/c3ccccc3OCc3ccc(Cl)c(Cl)c3)c(=O)n2[C@@H]1c1c(OC)ccc2ccccc12. The fourth-order valence-electron chi connectivity index (χ4n) is 5.95. The molecular formula is C37H33Cl2N3O4S. The van der Waals surface area contributed by atoms with Crippen LogP contribution in [0, 0.1) is 0 Å². The summed E-state index contributed by atoms with van der Waals surface area (Å²) in [6, 6.07) is 23.9. The van der Waals surface area contributed by atoms with Crippen LogP contribution >= 0.6 is 34.5 Å². The number of para-hydroxylation sites is 1. The molecule has 0 unspecified atom stereocenters. The number of methoxy groups -OCH3 is 1. The summed E-state index contributed by atoms with van der Waals surface area (Å²) in [6.07, 6.45) is 1.82. The van der Waals surface area contributed by atoms with Crippen molar-refractivity contribution >= 4 is 57.3 Å². The molecule has 0 aliphatic carbocycles. The molecule has 240 valence electrons. The second-order valence-electron chi connectivity index (χ2n) is 11.0. The van der Waals surface area contributed by atoms with Crippen molar-refractivity contribution in [2.75, 3.05) is 20.2 Å². The second kappa shape index (κ2) is 13.8. The monoisotopic (exact) mass is 685 g/mol. The quantitative estimate of drug-likeness (QED) is 0.165. The Morgan fingerprint density at radius 1 is 0.979 bits per heavy atom. The number of amides is 1. The zero-order valence-corrected chi connectivity index (χ0v) is 28.7. The van der Waals surface area contributed by atoms with E-state index in [4.69, 9.17) is 37.7 Å². The van der Waals surface area contributed by atoms with Crippen molar-refractivity contribution < 1.29 is 14.3 Å². The largest absolute Gasteiger partial charge is 0.496 e. The lowest BCUT2D eigenvalue weighted by Crippen LogP contribution is -2.43. The van der Waals surface area contributed by atoms with Gasteiger partial charge < -0.3 is 14.4 Å². The normalized spacial score (nSPS) is 14.6. The number of hydrogen-bond donors (Lipinski definition) is 0. The molecule has 1 amide bonds. The zero-order chi connectivity index (χ0) is 33.2. The Labute approximate surface area is 286 Å². The van der Waals surface area contributed by atoms with Crippen molar-refractivity contribution in [3.63, 3.8) is 0 Å². The Morgan fingerprint density at radius 3 is 2.47 bits per heavy atom. The molecule has 1 atom stereocenters. The van der Waals surface area contributed by atoms with Gasteiger partial charge in [-0.3, -0.25) is 14.2 Å². The maximum absolute atomic E-state index is 14.5. The molecule has 0 saturated carbocycles. The molecule has 1 aromatic heterocycles. The first kappa shape index (κ1) is 32.6. The van der Waals surface area contributed by atoms with Gasteiger partial charge in [0.25, 0.3) is 11.5 Å². The van der Waals surface area contributed by atoms with E-state index in [1.165, 1.54) is 11.3 Å². The first-order chi connectivity index (χ1) is 22.7. The Bertz CT molecular complexity index is 2220. The molecule has 0 spiro atoms. The van der Waals surface area contributed by atoms with Gasteiger partial charge in [0.15, 0.2) is 4.80 Å². The number of thiazole rings is 1. The van der Waals surface area contributed by atoms with Crippen LogP contribution in [-0.4, -0.2) is 35.6 Å². The number of fused-ring (bicyclic) bond motifs is 2. The van der Waals surface area contributed by atoms with Gasteiger partial charge in [0.2, 0.25) is 0 Å². The lowest BCUT2D eigenvalue weighted by atomic mass is 9.90. The Hall–Kier alpha value is -4.37. The highest BCUT2D eigenvalue weighted by Crippen LogP contribution is 2.40. The number of aromatic nitrogens is 1.